The van der Waals surface area contributed by atoms with E-state index in [-0.39, 0.29) is 0 Å². The van der Waals surface area contributed by atoms with E-state index in [1.165, 1.54) is 54.9 Å². The number of fused-ring (bicyclic) bond motifs is 2. The molecule has 0 amide bonds. The Hall–Kier alpha value is -2.44. The molecule has 6 rings (SSSR count). The second-order valence-electron chi connectivity index (χ2n) is 8.49. The summed E-state index contributed by atoms with van der Waals surface area (Å²) in [6.07, 6.45) is 0. The van der Waals surface area contributed by atoms with Gasteiger partial charge in [0.15, 0.2) is 0 Å². The summed E-state index contributed by atoms with van der Waals surface area (Å²) in [6.45, 7) is 4.30. The monoisotopic (exact) mass is 570 g/mol. The molecule has 0 saturated heterocycles. The molecule has 0 heterocycles. The fourth-order valence-corrected chi connectivity index (χ4v) is 4.51. The van der Waals surface area contributed by atoms with Crippen molar-refractivity contribution in [2.45, 2.75) is 13.8 Å². The number of hydrogen-bond donors (Lipinski definition) is 0. The van der Waals surface area contributed by atoms with E-state index in [0.29, 0.717) is 0 Å². The van der Waals surface area contributed by atoms with Crippen molar-refractivity contribution in [1.82, 2.24) is 0 Å². The number of benzene rings is 4. The van der Waals surface area contributed by atoms with E-state index in [1.54, 1.807) is 0 Å². The molecule has 6 aromatic carbocycles. The Kier molecular flexibility index (Phi) is 9.16. The van der Waals surface area contributed by atoms with Gasteiger partial charge < -0.3 is 0 Å². The first kappa shape index (κ1) is 25.6. The van der Waals surface area contributed by atoms with Gasteiger partial charge in [-0.1, -0.05) is 97.8 Å². The fraction of sp³-hybridized carbons (Fsp3) is 0.0625. The first-order valence-electron chi connectivity index (χ1n) is 11.5. The molecule has 0 saturated carbocycles. The summed E-state index contributed by atoms with van der Waals surface area (Å²) in [7, 11) is 9.87. The van der Waals surface area contributed by atoms with Gasteiger partial charge in [-0.15, -0.1) is 69.1 Å². The maximum atomic E-state index is 4.93. The molecule has 0 unspecified atom stereocenters. The molecule has 0 aliphatic carbocycles. The molecule has 0 bridgehead atoms. The van der Waals surface area contributed by atoms with Crippen molar-refractivity contribution in [1.29, 1.82) is 0 Å². The molecule has 0 aromatic heterocycles. The Morgan fingerprint density at radius 2 is 0.886 bits per heavy atom. The van der Waals surface area contributed by atoms with Gasteiger partial charge in [0.25, 0.3) is 0 Å². The van der Waals surface area contributed by atoms with Crippen LogP contribution >= 0.6 is 17.0 Å². The molecule has 35 heavy (non-hydrogen) atoms. The van der Waals surface area contributed by atoms with Gasteiger partial charge in [-0.3, -0.25) is 0 Å². The molecule has 0 radical (unpaired) electrons. The zero-order chi connectivity index (χ0) is 24.6. The normalized spacial score (nSPS) is 10.2. The Bertz CT molecular complexity index is 1380. The van der Waals surface area contributed by atoms with E-state index in [2.05, 4.69) is 135 Å². The number of aryl methyl sites for hydroxylation is 2. The van der Waals surface area contributed by atoms with Gasteiger partial charge in [0, 0.05) is 0 Å². The van der Waals surface area contributed by atoms with Crippen LogP contribution in [0.15, 0.2) is 121 Å². The van der Waals surface area contributed by atoms with Gasteiger partial charge >= 0.3 is 37.9 Å². The van der Waals surface area contributed by atoms with E-state index < -0.39 is 20.8 Å². The van der Waals surface area contributed by atoms with Crippen LogP contribution in [0.2, 0.25) is 0 Å². The molecule has 0 N–H and O–H groups in total. The molecule has 0 aliphatic rings. The molecule has 172 valence electrons. The first-order chi connectivity index (χ1) is 17.1. The van der Waals surface area contributed by atoms with Crippen LogP contribution < -0.4 is 0 Å². The number of rotatable bonds is 2. The zero-order valence-electron chi connectivity index (χ0n) is 19.8. The molecule has 0 spiro atoms. The average molecular weight is 573 g/mol. The second kappa shape index (κ2) is 12.5. The predicted molar refractivity (Wildman–Crippen MR) is 151 cm³/mol. The van der Waals surface area contributed by atoms with E-state index >= 15 is 0 Å². The maximum absolute atomic E-state index is 4.93. The van der Waals surface area contributed by atoms with E-state index in [1.807, 2.05) is 0 Å². The van der Waals surface area contributed by atoms with Crippen LogP contribution in [0.5, 0.6) is 0 Å². The van der Waals surface area contributed by atoms with E-state index in [0.717, 1.165) is 0 Å². The Balaban J connectivity index is 0.000000149. The van der Waals surface area contributed by atoms with Gasteiger partial charge in [0.2, 0.25) is 0 Å². The molecular formula is C32H26Cl2Zr. The van der Waals surface area contributed by atoms with Crippen molar-refractivity contribution in [3.05, 3.63) is 132 Å². The van der Waals surface area contributed by atoms with E-state index in [4.69, 9.17) is 17.0 Å². The summed E-state index contributed by atoms with van der Waals surface area (Å²) >= 11 is -0.826. The van der Waals surface area contributed by atoms with Crippen LogP contribution in [0.1, 0.15) is 11.1 Å². The third-order valence-corrected chi connectivity index (χ3v) is 5.96. The number of hydrogen-bond acceptors (Lipinski definition) is 0. The zero-order valence-corrected chi connectivity index (χ0v) is 23.8. The molecular weight excluding hydrogens is 546 g/mol. The van der Waals surface area contributed by atoms with Crippen LogP contribution in [0.3, 0.4) is 0 Å². The third kappa shape index (κ3) is 6.42. The second-order valence-corrected chi connectivity index (χ2v) is 12.2. The minimum absolute atomic E-state index is 0.826. The summed E-state index contributed by atoms with van der Waals surface area (Å²) in [4.78, 5) is 0. The van der Waals surface area contributed by atoms with Crippen LogP contribution in [0.4, 0.5) is 0 Å². The van der Waals surface area contributed by atoms with Crippen LogP contribution in [0.25, 0.3) is 43.8 Å². The molecule has 0 atom stereocenters. The Labute approximate surface area is 226 Å². The van der Waals surface area contributed by atoms with Gasteiger partial charge in [-0.2, -0.15) is 12.1 Å². The van der Waals surface area contributed by atoms with Crippen molar-refractivity contribution in [2.75, 3.05) is 0 Å². The number of halogens is 2. The molecule has 3 heteroatoms. The van der Waals surface area contributed by atoms with Crippen molar-refractivity contribution in [3.8, 4) is 22.3 Å². The molecule has 6 aromatic rings. The summed E-state index contributed by atoms with van der Waals surface area (Å²) in [5.41, 5.74) is 7.89. The first-order valence-corrected chi connectivity index (χ1v) is 17.8. The SMILES string of the molecule is Cc1cc2c(-c3ccccc3)cccc2[cH-]1.Cc1cc2c(-c3ccccc3)cccc2[cH-]1.[Cl][Zr+2][Cl]. The summed E-state index contributed by atoms with van der Waals surface area (Å²) < 4.78 is 0. The molecule has 0 fully saturated rings. The standard InChI is InChI=1S/2C16H13.2ClH.Zr/c2*1-12-10-14-8-5-9-15(16(14)11-12)13-6-3-2-4-7-13;;;/h2*2-11H,1H3;2*1H;/q2*-1;;;+4/p-2. The van der Waals surface area contributed by atoms with Crippen molar-refractivity contribution < 1.29 is 20.8 Å². The topological polar surface area (TPSA) is 0 Å². The summed E-state index contributed by atoms with van der Waals surface area (Å²) in [6, 6.07) is 43.1. The van der Waals surface area contributed by atoms with Gasteiger partial charge in [0.1, 0.15) is 0 Å². The summed E-state index contributed by atoms with van der Waals surface area (Å²) in [5.74, 6) is 0. The minimum atomic E-state index is -0.826. The Morgan fingerprint density at radius 3 is 1.26 bits per heavy atom. The van der Waals surface area contributed by atoms with E-state index in [9.17, 15) is 0 Å². The predicted octanol–water partition coefficient (Wildman–Crippen LogP) is 10.4. The van der Waals surface area contributed by atoms with Gasteiger partial charge in [0.05, 0.1) is 0 Å². The van der Waals surface area contributed by atoms with Crippen LogP contribution in [0, 0.1) is 13.8 Å². The quantitative estimate of drug-likeness (QED) is 0.181. The average Bonchev–Trinajstić information content (AvgIpc) is 3.46. The van der Waals surface area contributed by atoms with Crippen molar-refractivity contribution in [2.24, 2.45) is 0 Å². The van der Waals surface area contributed by atoms with Crippen molar-refractivity contribution in [3.63, 3.8) is 0 Å². The Morgan fingerprint density at radius 1 is 0.514 bits per heavy atom. The van der Waals surface area contributed by atoms with Crippen molar-refractivity contribution >= 4 is 38.6 Å². The fourth-order valence-electron chi connectivity index (χ4n) is 4.51. The van der Waals surface area contributed by atoms with Gasteiger partial charge in [-0.05, 0) is 11.1 Å². The van der Waals surface area contributed by atoms with Crippen LogP contribution in [-0.2, 0) is 20.8 Å². The molecule has 0 aliphatic heterocycles. The van der Waals surface area contributed by atoms with Gasteiger partial charge in [-0.25, -0.2) is 0 Å². The third-order valence-electron chi connectivity index (χ3n) is 5.96. The molecule has 0 nitrogen and oxygen atoms in total. The summed E-state index contributed by atoms with van der Waals surface area (Å²) in [5, 5.41) is 5.37. The van der Waals surface area contributed by atoms with Crippen LogP contribution in [-0.4, -0.2) is 0 Å².